The zero-order chi connectivity index (χ0) is 17.3. The number of hydrogen-bond acceptors (Lipinski definition) is 3. The van der Waals surface area contributed by atoms with E-state index in [4.69, 9.17) is 0 Å². The van der Waals surface area contributed by atoms with E-state index < -0.39 is 17.2 Å². The number of amides is 1. The zero-order valence-electron chi connectivity index (χ0n) is 13.4. The number of carbonyl (C=O) groups is 1. The molecular formula is C18H16FN3O2. The molecule has 0 aliphatic carbocycles. The predicted molar refractivity (Wildman–Crippen MR) is 89.2 cm³/mol. The minimum absolute atomic E-state index is 0.143. The van der Waals surface area contributed by atoms with Crippen molar-refractivity contribution in [2.75, 3.05) is 7.05 Å². The summed E-state index contributed by atoms with van der Waals surface area (Å²) in [6.07, 6.45) is 0. The standard InChI is InChI=1S/C18H16FN3O2/c1-21(11-12-6-4-3-5-7-12)18(24)16-17(23)14-10-13(19)8-9-15(14)22(2)20-16/h3-10H,11H2,1-2H3. The molecule has 0 aliphatic rings. The third-order valence-corrected chi connectivity index (χ3v) is 3.83. The van der Waals surface area contributed by atoms with Crippen LogP contribution in [0.15, 0.2) is 53.3 Å². The first kappa shape index (κ1) is 15.9. The second kappa shape index (κ2) is 6.23. The van der Waals surface area contributed by atoms with Crippen LogP contribution in [0.3, 0.4) is 0 Å². The third-order valence-electron chi connectivity index (χ3n) is 3.83. The van der Waals surface area contributed by atoms with Gasteiger partial charge >= 0.3 is 0 Å². The van der Waals surface area contributed by atoms with Crippen LogP contribution < -0.4 is 5.43 Å². The van der Waals surface area contributed by atoms with Crippen LogP contribution in [-0.2, 0) is 13.6 Å². The van der Waals surface area contributed by atoms with E-state index in [9.17, 15) is 14.0 Å². The fourth-order valence-corrected chi connectivity index (χ4v) is 2.60. The summed E-state index contributed by atoms with van der Waals surface area (Å²) in [4.78, 5) is 26.6. The lowest BCUT2D eigenvalue weighted by molar-refractivity contribution is 0.0776. The number of carbonyl (C=O) groups excluding carboxylic acids is 1. The van der Waals surface area contributed by atoms with Crippen molar-refractivity contribution in [3.63, 3.8) is 0 Å². The smallest absolute Gasteiger partial charge is 0.278 e. The zero-order valence-corrected chi connectivity index (χ0v) is 13.4. The van der Waals surface area contributed by atoms with E-state index in [0.717, 1.165) is 11.6 Å². The van der Waals surface area contributed by atoms with Gasteiger partial charge < -0.3 is 4.90 Å². The first-order valence-electron chi connectivity index (χ1n) is 7.43. The molecule has 0 saturated carbocycles. The lowest BCUT2D eigenvalue weighted by Gasteiger charge is -2.17. The van der Waals surface area contributed by atoms with Gasteiger partial charge in [-0.05, 0) is 23.8 Å². The number of fused-ring (bicyclic) bond motifs is 1. The molecule has 0 atom stereocenters. The highest BCUT2D eigenvalue weighted by Crippen LogP contribution is 2.12. The van der Waals surface area contributed by atoms with Crippen LogP contribution in [0.2, 0.25) is 0 Å². The Morgan fingerprint density at radius 2 is 1.92 bits per heavy atom. The summed E-state index contributed by atoms with van der Waals surface area (Å²) in [7, 11) is 3.22. The fourth-order valence-electron chi connectivity index (χ4n) is 2.60. The lowest BCUT2D eigenvalue weighted by Crippen LogP contribution is -2.33. The van der Waals surface area contributed by atoms with E-state index in [0.29, 0.717) is 12.1 Å². The minimum Gasteiger partial charge on any atom is -0.336 e. The minimum atomic E-state index is -0.562. The summed E-state index contributed by atoms with van der Waals surface area (Å²) in [5.74, 6) is -1.02. The van der Waals surface area contributed by atoms with Gasteiger partial charge in [0.15, 0.2) is 5.69 Å². The third kappa shape index (κ3) is 2.90. The number of hydrogen-bond donors (Lipinski definition) is 0. The molecule has 24 heavy (non-hydrogen) atoms. The Morgan fingerprint density at radius 3 is 2.62 bits per heavy atom. The van der Waals surface area contributed by atoms with Crippen molar-refractivity contribution in [1.82, 2.24) is 14.7 Å². The second-order valence-electron chi connectivity index (χ2n) is 5.61. The van der Waals surface area contributed by atoms with Crippen LogP contribution >= 0.6 is 0 Å². The van der Waals surface area contributed by atoms with Gasteiger partial charge in [0.1, 0.15) is 5.82 Å². The van der Waals surface area contributed by atoms with Gasteiger partial charge in [0, 0.05) is 20.6 Å². The molecule has 6 heteroatoms. The van der Waals surface area contributed by atoms with Crippen LogP contribution in [0.25, 0.3) is 10.9 Å². The van der Waals surface area contributed by atoms with Crippen molar-refractivity contribution in [2.24, 2.45) is 7.05 Å². The van der Waals surface area contributed by atoms with Crippen LogP contribution in [0.5, 0.6) is 0 Å². The Bertz CT molecular complexity index is 967. The highest BCUT2D eigenvalue weighted by molar-refractivity contribution is 5.95. The van der Waals surface area contributed by atoms with Gasteiger partial charge in [0.05, 0.1) is 10.9 Å². The first-order chi connectivity index (χ1) is 11.5. The van der Waals surface area contributed by atoms with Crippen molar-refractivity contribution in [2.45, 2.75) is 6.54 Å². The van der Waals surface area contributed by atoms with Crippen molar-refractivity contribution in [3.8, 4) is 0 Å². The molecule has 0 unspecified atom stereocenters. The maximum absolute atomic E-state index is 13.5. The van der Waals surface area contributed by atoms with Crippen LogP contribution in [0, 0.1) is 5.82 Å². The highest BCUT2D eigenvalue weighted by atomic mass is 19.1. The molecule has 0 aliphatic heterocycles. The molecule has 3 aromatic rings. The van der Waals surface area contributed by atoms with Gasteiger partial charge in [0.25, 0.3) is 5.91 Å². The number of nitrogens with zero attached hydrogens (tertiary/aromatic N) is 3. The van der Waals surface area contributed by atoms with Crippen LogP contribution in [-0.4, -0.2) is 27.6 Å². The molecular weight excluding hydrogens is 309 g/mol. The molecule has 0 bridgehead atoms. The Balaban J connectivity index is 2.01. The maximum atomic E-state index is 13.5. The molecule has 3 rings (SSSR count). The van der Waals surface area contributed by atoms with Crippen LogP contribution in [0.1, 0.15) is 16.1 Å². The number of rotatable bonds is 3. The number of halogens is 1. The lowest BCUT2D eigenvalue weighted by atomic mass is 10.1. The van der Waals surface area contributed by atoms with Gasteiger partial charge in [-0.15, -0.1) is 0 Å². The van der Waals surface area contributed by atoms with Gasteiger partial charge in [0.2, 0.25) is 5.43 Å². The summed E-state index contributed by atoms with van der Waals surface area (Å²) >= 11 is 0. The fraction of sp³-hybridized carbons (Fsp3) is 0.167. The molecule has 0 spiro atoms. The molecule has 0 N–H and O–H groups in total. The Hall–Kier alpha value is -3.02. The molecule has 2 aromatic carbocycles. The Labute approximate surface area is 137 Å². The summed E-state index contributed by atoms with van der Waals surface area (Å²) in [6, 6.07) is 13.3. The van der Waals surface area contributed by atoms with Crippen molar-refractivity contribution in [3.05, 3.63) is 75.8 Å². The Kier molecular flexibility index (Phi) is 4.12. The van der Waals surface area contributed by atoms with E-state index >= 15 is 0 Å². The second-order valence-corrected chi connectivity index (χ2v) is 5.61. The molecule has 1 heterocycles. The average molecular weight is 325 g/mol. The summed E-state index contributed by atoms with van der Waals surface area (Å²) in [5.41, 5.74) is 0.641. The summed E-state index contributed by atoms with van der Waals surface area (Å²) in [5, 5.41) is 4.23. The summed E-state index contributed by atoms with van der Waals surface area (Å²) < 4.78 is 14.9. The molecule has 1 aromatic heterocycles. The van der Waals surface area contributed by atoms with Gasteiger partial charge in [-0.1, -0.05) is 30.3 Å². The van der Waals surface area contributed by atoms with E-state index in [2.05, 4.69) is 5.10 Å². The molecule has 0 fully saturated rings. The van der Waals surface area contributed by atoms with Crippen molar-refractivity contribution in [1.29, 1.82) is 0 Å². The largest absolute Gasteiger partial charge is 0.336 e. The monoisotopic (exact) mass is 325 g/mol. The van der Waals surface area contributed by atoms with Crippen LogP contribution in [0.4, 0.5) is 4.39 Å². The number of aryl methyl sites for hydroxylation is 1. The topological polar surface area (TPSA) is 55.2 Å². The molecule has 1 amide bonds. The Morgan fingerprint density at radius 1 is 1.21 bits per heavy atom. The van der Waals surface area contributed by atoms with E-state index in [1.165, 1.54) is 21.7 Å². The van der Waals surface area contributed by atoms with Gasteiger partial charge in [-0.2, -0.15) is 5.10 Å². The molecule has 5 nitrogen and oxygen atoms in total. The highest BCUT2D eigenvalue weighted by Gasteiger charge is 2.20. The molecule has 0 saturated heterocycles. The predicted octanol–water partition coefficient (Wildman–Crippen LogP) is 2.34. The number of benzene rings is 2. The summed E-state index contributed by atoms with van der Waals surface area (Å²) in [6.45, 7) is 0.353. The van der Waals surface area contributed by atoms with E-state index in [-0.39, 0.29) is 11.1 Å². The van der Waals surface area contributed by atoms with E-state index in [1.807, 2.05) is 30.3 Å². The maximum Gasteiger partial charge on any atom is 0.278 e. The van der Waals surface area contributed by atoms with E-state index in [1.54, 1.807) is 14.1 Å². The quantitative estimate of drug-likeness (QED) is 0.743. The normalized spacial score (nSPS) is 10.8. The van der Waals surface area contributed by atoms with Crippen molar-refractivity contribution < 1.29 is 9.18 Å². The van der Waals surface area contributed by atoms with Gasteiger partial charge in [-0.3, -0.25) is 14.3 Å². The first-order valence-corrected chi connectivity index (χ1v) is 7.43. The van der Waals surface area contributed by atoms with Crippen molar-refractivity contribution >= 4 is 16.8 Å². The SMILES string of the molecule is CN(Cc1ccccc1)C(=O)c1nn(C)c2ccc(F)cc2c1=O. The molecule has 122 valence electrons. The number of aromatic nitrogens is 2. The van der Waals surface area contributed by atoms with Gasteiger partial charge in [-0.25, -0.2) is 4.39 Å². The average Bonchev–Trinajstić information content (AvgIpc) is 2.58. The molecule has 0 radical (unpaired) electrons.